The number of hydrogen-bond donors (Lipinski definition) is 3. The van der Waals surface area contributed by atoms with Crippen molar-refractivity contribution in [1.82, 2.24) is 25.8 Å². The van der Waals surface area contributed by atoms with Crippen LogP contribution in [0.5, 0.6) is 0 Å². The third-order valence-corrected chi connectivity index (χ3v) is 6.67. The molecule has 174 valence electrons. The second-order valence-electron chi connectivity index (χ2n) is 8.81. The lowest BCUT2D eigenvalue weighted by atomic mass is 9.81. The quantitative estimate of drug-likeness (QED) is 0.647. The molecule has 10 heteroatoms. The molecule has 2 saturated heterocycles. The molecule has 2 fully saturated rings. The topological polar surface area (TPSA) is 86.4 Å². The van der Waals surface area contributed by atoms with Gasteiger partial charge in [0.1, 0.15) is 11.6 Å². The molecule has 3 aliphatic rings. The summed E-state index contributed by atoms with van der Waals surface area (Å²) in [4.78, 5) is 30.1. The SMILES string of the molecule is CNC(=O)c1ccc(C2=CCN(CC3CNC4CC(C(F)(F)F)C(=O)NC4C3)CC2)cn1. The number of halogens is 3. The smallest absolute Gasteiger partial charge is 0.354 e. The Kier molecular flexibility index (Phi) is 6.52. The number of piperidine rings is 2. The summed E-state index contributed by atoms with van der Waals surface area (Å²) >= 11 is 0. The van der Waals surface area contributed by atoms with Crippen LogP contribution in [0.1, 0.15) is 35.3 Å². The molecule has 1 aromatic heterocycles. The van der Waals surface area contributed by atoms with E-state index in [9.17, 15) is 22.8 Å². The minimum atomic E-state index is -4.50. The zero-order valence-electron chi connectivity index (χ0n) is 17.9. The number of amides is 2. The predicted molar refractivity (Wildman–Crippen MR) is 113 cm³/mol. The zero-order chi connectivity index (χ0) is 22.9. The first kappa shape index (κ1) is 22.7. The maximum Gasteiger partial charge on any atom is 0.400 e. The molecule has 4 rings (SSSR count). The Labute approximate surface area is 184 Å². The van der Waals surface area contributed by atoms with Crippen LogP contribution in [0.2, 0.25) is 0 Å². The number of pyridine rings is 1. The summed E-state index contributed by atoms with van der Waals surface area (Å²) in [6.07, 6.45) is 0.745. The van der Waals surface area contributed by atoms with Crippen LogP contribution in [0, 0.1) is 11.8 Å². The molecule has 3 aliphatic heterocycles. The van der Waals surface area contributed by atoms with Gasteiger partial charge in [0, 0.05) is 45.0 Å². The molecule has 4 unspecified atom stereocenters. The molecular formula is C22H28F3N5O2. The third-order valence-electron chi connectivity index (χ3n) is 6.67. The van der Waals surface area contributed by atoms with Gasteiger partial charge in [0.25, 0.3) is 5.91 Å². The van der Waals surface area contributed by atoms with E-state index >= 15 is 0 Å². The van der Waals surface area contributed by atoms with Gasteiger partial charge in [-0.1, -0.05) is 12.1 Å². The van der Waals surface area contributed by atoms with E-state index in [2.05, 4.69) is 31.9 Å². The first-order valence-electron chi connectivity index (χ1n) is 10.9. The summed E-state index contributed by atoms with van der Waals surface area (Å²) in [6.45, 7) is 3.13. The summed E-state index contributed by atoms with van der Waals surface area (Å²) in [7, 11) is 1.57. The number of nitrogens with zero attached hydrogens (tertiary/aromatic N) is 2. The largest absolute Gasteiger partial charge is 0.400 e. The Morgan fingerprint density at radius 1 is 1.28 bits per heavy atom. The number of fused-ring (bicyclic) bond motifs is 1. The van der Waals surface area contributed by atoms with E-state index in [0.29, 0.717) is 18.7 Å². The minimum Gasteiger partial charge on any atom is -0.354 e. The van der Waals surface area contributed by atoms with Crippen LogP contribution in [0.25, 0.3) is 5.57 Å². The Hall–Kier alpha value is -2.46. The molecule has 0 spiro atoms. The van der Waals surface area contributed by atoms with Gasteiger partial charge in [-0.15, -0.1) is 0 Å². The summed E-state index contributed by atoms with van der Waals surface area (Å²) in [5, 5.41) is 8.39. The van der Waals surface area contributed by atoms with Gasteiger partial charge in [0.05, 0.1) is 0 Å². The summed E-state index contributed by atoms with van der Waals surface area (Å²) in [5.74, 6) is -2.77. The maximum absolute atomic E-state index is 13.0. The number of alkyl halides is 3. The summed E-state index contributed by atoms with van der Waals surface area (Å²) in [5.41, 5.74) is 2.58. The molecule has 4 atom stereocenters. The number of hydrogen-bond acceptors (Lipinski definition) is 5. The van der Waals surface area contributed by atoms with Crippen LogP contribution in [0.3, 0.4) is 0 Å². The van der Waals surface area contributed by atoms with Crippen LogP contribution < -0.4 is 16.0 Å². The molecule has 0 aromatic carbocycles. The average Bonchev–Trinajstić information content (AvgIpc) is 2.78. The monoisotopic (exact) mass is 451 g/mol. The zero-order valence-corrected chi connectivity index (χ0v) is 17.9. The first-order chi connectivity index (χ1) is 15.2. The lowest BCUT2D eigenvalue weighted by Crippen LogP contribution is -2.64. The van der Waals surface area contributed by atoms with Crippen LogP contribution >= 0.6 is 0 Å². The second-order valence-corrected chi connectivity index (χ2v) is 8.81. The van der Waals surface area contributed by atoms with Gasteiger partial charge in [-0.3, -0.25) is 19.5 Å². The molecule has 0 aliphatic carbocycles. The van der Waals surface area contributed by atoms with E-state index in [-0.39, 0.29) is 30.3 Å². The van der Waals surface area contributed by atoms with Gasteiger partial charge in [0.2, 0.25) is 5.91 Å². The number of aromatic nitrogens is 1. The third kappa shape index (κ3) is 4.96. The predicted octanol–water partition coefficient (Wildman–Crippen LogP) is 1.58. The summed E-state index contributed by atoms with van der Waals surface area (Å²) in [6, 6.07) is 3.05. The van der Waals surface area contributed by atoms with E-state index in [0.717, 1.165) is 31.6 Å². The van der Waals surface area contributed by atoms with E-state index in [4.69, 9.17) is 0 Å². The fourth-order valence-electron chi connectivity index (χ4n) is 4.89. The summed E-state index contributed by atoms with van der Waals surface area (Å²) < 4.78 is 39.1. The Bertz CT molecular complexity index is 887. The number of carbonyl (C=O) groups excluding carboxylic acids is 2. The van der Waals surface area contributed by atoms with E-state index < -0.39 is 18.0 Å². The number of rotatable bonds is 4. The molecule has 7 nitrogen and oxygen atoms in total. The van der Waals surface area contributed by atoms with Crippen molar-refractivity contribution < 1.29 is 22.8 Å². The fraction of sp³-hybridized carbons (Fsp3) is 0.591. The van der Waals surface area contributed by atoms with Gasteiger partial charge in [-0.2, -0.15) is 13.2 Å². The van der Waals surface area contributed by atoms with Gasteiger partial charge >= 0.3 is 6.18 Å². The lowest BCUT2D eigenvalue weighted by molar-refractivity contribution is -0.190. The Balaban J connectivity index is 1.29. The van der Waals surface area contributed by atoms with Crippen molar-refractivity contribution in [3.63, 3.8) is 0 Å². The number of carbonyl (C=O) groups is 2. The fourth-order valence-corrected chi connectivity index (χ4v) is 4.89. The van der Waals surface area contributed by atoms with Crippen LogP contribution in [0.15, 0.2) is 24.4 Å². The molecule has 2 amide bonds. The lowest BCUT2D eigenvalue weighted by Gasteiger charge is -2.44. The highest BCUT2D eigenvalue weighted by molar-refractivity contribution is 5.92. The molecule has 0 saturated carbocycles. The van der Waals surface area contributed by atoms with Crippen molar-refractivity contribution in [3.8, 4) is 0 Å². The van der Waals surface area contributed by atoms with E-state index in [1.165, 1.54) is 5.57 Å². The average molecular weight is 451 g/mol. The van der Waals surface area contributed by atoms with Crippen molar-refractivity contribution >= 4 is 17.4 Å². The molecular weight excluding hydrogens is 423 g/mol. The molecule has 1 aromatic rings. The number of nitrogens with one attached hydrogen (secondary N) is 3. The molecule has 32 heavy (non-hydrogen) atoms. The van der Waals surface area contributed by atoms with Gasteiger partial charge in [0.15, 0.2) is 0 Å². The maximum atomic E-state index is 13.0. The van der Waals surface area contributed by atoms with Crippen LogP contribution in [-0.2, 0) is 4.79 Å². The van der Waals surface area contributed by atoms with Crippen LogP contribution in [0.4, 0.5) is 13.2 Å². The molecule has 3 N–H and O–H groups in total. The molecule has 4 heterocycles. The highest BCUT2D eigenvalue weighted by atomic mass is 19.4. The van der Waals surface area contributed by atoms with Crippen molar-refractivity contribution in [3.05, 3.63) is 35.7 Å². The highest BCUT2D eigenvalue weighted by Crippen LogP contribution is 2.35. The minimum absolute atomic E-state index is 0.185. The normalized spacial score (nSPS) is 29.0. The van der Waals surface area contributed by atoms with Crippen molar-refractivity contribution in [2.24, 2.45) is 11.8 Å². The van der Waals surface area contributed by atoms with Crippen LogP contribution in [-0.4, -0.2) is 73.2 Å². The van der Waals surface area contributed by atoms with Gasteiger partial charge in [-0.25, -0.2) is 0 Å². The Morgan fingerprint density at radius 3 is 2.72 bits per heavy atom. The van der Waals surface area contributed by atoms with E-state index in [1.807, 2.05) is 6.07 Å². The second kappa shape index (κ2) is 9.19. The molecule has 0 radical (unpaired) electrons. The molecule has 0 bridgehead atoms. The van der Waals surface area contributed by atoms with Crippen molar-refractivity contribution in [2.75, 3.05) is 33.2 Å². The van der Waals surface area contributed by atoms with Crippen molar-refractivity contribution in [1.29, 1.82) is 0 Å². The standard InChI is InChI=1S/C22H28F3N5O2/c1-26-21(32)17-3-2-15(11-28-17)14-4-6-30(7-5-14)12-13-8-19-18(27-10-13)9-16(20(31)29-19)22(23,24)25/h2-4,11,13,16,18-19,27H,5-10,12H2,1H3,(H,26,32)(H,29,31). The van der Waals surface area contributed by atoms with Gasteiger partial charge in [-0.05, 0) is 48.9 Å². The van der Waals surface area contributed by atoms with Crippen molar-refractivity contribution in [2.45, 2.75) is 37.5 Å². The Morgan fingerprint density at radius 2 is 2.09 bits per heavy atom. The highest BCUT2D eigenvalue weighted by Gasteiger charge is 2.51. The van der Waals surface area contributed by atoms with E-state index in [1.54, 1.807) is 19.3 Å². The first-order valence-corrected chi connectivity index (χ1v) is 10.9. The van der Waals surface area contributed by atoms with Gasteiger partial charge < -0.3 is 16.0 Å².